The van der Waals surface area contributed by atoms with E-state index in [0.29, 0.717) is 21.9 Å². The number of nitrogens with zero attached hydrogens (tertiary/aromatic N) is 1. The zero-order valence-corrected chi connectivity index (χ0v) is 18.1. The Morgan fingerprint density at radius 2 is 1.64 bits per heavy atom. The molecule has 7 nitrogen and oxygen atoms in total. The first kappa shape index (κ1) is 21.9. The maximum absolute atomic E-state index is 12.7. The molecule has 0 unspecified atom stereocenters. The number of aromatic carboxylic acids is 1. The fraction of sp³-hybridized carbons (Fsp3) is 0.0400. The van der Waals surface area contributed by atoms with E-state index in [4.69, 9.17) is 0 Å². The van der Waals surface area contributed by atoms with Gasteiger partial charge in [-0.1, -0.05) is 54.6 Å². The smallest absolute Gasteiger partial charge is 0.335 e. The van der Waals surface area contributed by atoms with Crippen LogP contribution < -0.4 is 10.6 Å². The van der Waals surface area contributed by atoms with Crippen LogP contribution in [0.3, 0.4) is 0 Å². The highest BCUT2D eigenvalue weighted by Gasteiger charge is 2.14. The molecule has 33 heavy (non-hydrogen) atoms. The first-order valence-electron chi connectivity index (χ1n) is 10.0. The number of benzene rings is 3. The van der Waals surface area contributed by atoms with Crippen molar-refractivity contribution in [3.63, 3.8) is 0 Å². The Morgan fingerprint density at radius 3 is 2.42 bits per heavy atom. The van der Waals surface area contributed by atoms with Crippen molar-refractivity contribution >= 4 is 39.9 Å². The van der Waals surface area contributed by atoms with Crippen LogP contribution >= 0.6 is 11.3 Å². The largest absolute Gasteiger partial charge is 0.478 e. The molecule has 0 aliphatic heterocycles. The van der Waals surface area contributed by atoms with Gasteiger partial charge in [-0.05, 0) is 29.8 Å². The van der Waals surface area contributed by atoms with E-state index in [1.165, 1.54) is 17.4 Å². The number of carboxylic acids is 1. The van der Waals surface area contributed by atoms with Crippen LogP contribution in [-0.4, -0.2) is 27.9 Å². The van der Waals surface area contributed by atoms with E-state index < -0.39 is 5.97 Å². The average molecular weight is 458 g/mol. The number of nitrogens with one attached hydrogen (secondary N) is 2. The summed E-state index contributed by atoms with van der Waals surface area (Å²) < 4.78 is 0. The first-order chi connectivity index (χ1) is 16.0. The number of rotatable bonds is 7. The van der Waals surface area contributed by atoms with Crippen LogP contribution in [0, 0.1) is 0 Å². The molecular formula is C25H19N3O4S. The lowest BCUT2D eigenvalue weighted by molar-refractivity contribution is -0.115. The summed E-state index contributed by atoms with van der Waals surface area (Å²) in [5.74, 6) is -1.82. The van der Waals surface area contributed by atoms with Crippen molar-refractivity contribution in [3.05, 3.63) is 101 Å². The highest BCUT2D eigenvalue weighted by atomic mass is 32.1. The van der Waals surface area contributed by atoms with Crippen molar-refractivity contribution in [3.8, 4) is 11.3 Å². The Morgan fingerprint density at radius 1 is 0.879 bits per heavy atom. The molecule has 0 bridgehead atoms. The third-order valence-corrected chi connectivity index (χ3v) is 5.56. The van der Waals surface area contributed by atoms with Gasteiger partial charge in [0.15, 0.2) is 5.13 Å². The van der Waals surface area contributed by atoms with E-state index in [9.17, 15) is 19.5 Å². The molecule has 3 aromatic carbocycles. The standard InChI is InChI=1S/C25H19N3O4S/c29-22(14-17-9-4-5-12-20(17)24(31)32)26-19-11-6-10-18(13-19)23(30)28-25-27-21(15-33-25)16-7-2-1-3-8-16/h1-13,15H,14H2,(H,26,29)(H,31,32)(H,27,28,30). The minimum absolute atomic E-state index is 0.0825. The Labute approximate surface area is 193 Å². The number of amides is 2. The van der Waals surface area contributed by atoms with Crippen molar-refractivity contribution in [1.82, 2.24) is 4.98 Å². The fourth-order valence-electron chi connectivity index (χ4n) is 3.24. The quantitative estimate of drug-likeness (QED) is 0.364. The fourth-order valence-corrected chi connectivity index (χ4v) is 3.96. The molecule has 0 aliphatic carbocycles. The SMILES string of the molecule is O=C(Cc1ccccc1C(=O)O)Nc1cccc(C(=O)Nc2nc(-c3ccccc3)cs2)c1. The maximum atomic E-state index is 12.7. The van der Waals surface area contributed by atoms with Gasteiger partial charge < -0.3 is 10.4 Å². The Kier molecular flexibility index (Phi) is 6.56. The van der Waals surface area contributed by atoms with Crippen molar-refractivity contribution in [2.24, 2.45) is 0 Å². The van der Waals surface area contributed by atoms with Crippen LogP contribution in [0.15, 0.2) is 84.2 Å². The maximum Gasteiger partial charge on any atom is 0.335 e. The molecule has 2 amide bonds. The summed E-state index contributed by atoms with van der Waals surface area (Å²) in [6.45, 7) is 0. The molecule has 164 valence electrons. The van der Waals surface area contributed by atoms with Crippen molar-refractivity contribution in [2.45, 2.75) is 6.42 Å². The second-order valence-corrected chi connectivity index (χ2v) is 7.98. The zero-order chi connectivity index (χ0) is 23.2. The molecular weight excluding hydrogens is 438 g/mol. The van der Waals surface area contributed by atoms with E-state index in [1.807, 2.05) is 35.7 Å². The molecule has 4 rings (SSSR count). The minimum atomic E-state index is -1.09. The topological polar surface area (TPSA) is 108 Å². The van der Waals surface area contributed by atoms with Crippen molar-refractivity contribution in [2.75, 3.05) is 10.6 Å². The summed E-state index contributed by atoms with van der Waals surface area (Å²) in [4.78, 5) is 40.9. The van der Waals surface area contributed by atoms with Gasteiger partial charge in [-0.2, -0.15) is 0 Å². The lowest BCUT2D eigenvalue weighted by Crippen LogP contribution is -2.17. The third-order valence-electron chi connectivity index (χ3n) is 4.80. The molecule has 0 spiro atoms. The van der Waals surface area contributed by atoms with Gasteiger partial charge in [-0.15, -0.1) is 11.3 Å². The minimum Gasteiger partial charge on any atom is -0.478 e. The first-order valence-corrected chi connectivity index (χ1v) is 10.9. The third kappa shape index (κ3) is 5.50. The predicted octanol–water partition coefficient (Wildman–Crippen LogP) is 4.94. The molecule has 3 N–H and O–H groups in total. The molecule has 8 heteroatoms. The zero-order valence-electron chi connectivity index (χ0n) is 17.3. The van der Waals surface area contributed by atoms with Crippen LogP contribution in [0.5, 0.6) is 0 Å². The van der Waals surface area contributed by atoms with Crippen LogP contribution in [-0.2, 0) is 11.2 Å². The van der Waals surface area contributed by atoms with E-state index in [2.05, 4.69) is 15.6 Å². The van der Waals surface area contributed by atoms with Gasteiger partial charge in [0.25, 0.3) is 5.91 Å². The molecule has 0 aliphatic rings. The molecule has 0 saturated carbocycles. The lowest BCUT2D eigenvalue weighted by atomic mass is 10.0. The summed E-state index contributed by atoms with van der Waals surface area (Å²) >= 11 is 1.33. The monoisotopic (exact) mass is 457 g/mol. The number of carbonyl (C=O) groups excluding carboxylic acids is 2. The second kappa shape index (κ2) is 9.88. The summed E-state index contributed by atoms with van der Waals surface area (Å²) in [7, 11) is 0. The highest BCUT2D eigenvalue weighted by molar-refractivity contribution is 7.14. The van der Waals surface area contributed by atoms with Crippen LogP contribution in [0.25, 0.3) is 11.3 Å². The van der Waals surface area contributed by atoms with Gasteiger partial charge in [0, 0.05) is 22.2 Å². The Balaban J connectivity index is 1.41. The highest BCUT2D eigenvalue weighted by Crippen LogP contribution is 2.25. The van der Waals surface area contributed by atoms with Gasteiger partial charge in [0.1, 0.15) is 0 Å². The van der Waals surface area contributed by atoms with E-state index in [-0.39, 0.29) is 23.8 Å². The van der Waals surface area contributed by atoms with Gasteiger partial charge in [0.05, 0.1) is 17.7 Å². The van der Waals surface area contributed by atoms with Crippen molar-refractivity contribution < 1.29 is 19.5 Å². The van der Waals surface area contributed by atoms with Gasteiger partial charge in [-0.3, -0.25) is 14.9 Å². The van der Waals surface area contributed by atoms with Gasteiger partial charge in [-0.25, -0.2) is 9.78 Å². The summed E-state index contributed by atoms with van der Waals surface area (Å²) in [5.41, 5.74) is 3.02. The Bertz CT molecular complexity index is 1320. The number of hydrogen-bond donors (Lipinski definition) is 3. The number of aromatic nitrogens is 1. The second-order valence-electron chi connectivity index (χ2n) is 7.13. The molecule has 0 fully saturated rings. The Hall–Kier alpha value is -4.30. The number of carbonyl (C=O) groups is 3. The summed E-state index contributed by atoms with van der Waals surface area (Å²) in [6.07, 6.45) is -0.0969. The molecule has 0 radical (unpaired) electrons. The van der Waals surface area contributed by atoms with E-state index >= 15 is 0 Å². The van der Waals surface area contributed by atoms with E-state index in [0.717, 1.165) is 11.3 Å². The van der Waals surface area contributed by atoms with Gasteiger partial charge >= 0.3 is 5.97 Å². The van der Waals surface area contributed by atoms with E-state index in [1.54, 1.807) is 42.5 Å². The molecule has 4 aromatic rings. The number of thiazole rings is 1. The molecule has 0 saturated heterocycles. The summed E-state index contributed by atoms with van der Waals surface area (Å²) in [6, 6.07) is 22.5. The number of carboxylic acid groups (broad SMARTS) is 1. The number of anilines is 2. The van der Waals surface area contributed by atoms with Gasteiger partial charge in [0.2, 0.25) is 5.91 Å². The summed E-state index contributed by atoms with van der Waals surface area (Å²) in [5, 5.41) is 17.1. The van der Waals surface area contributed by atoms with Crippen LogP contribution in [0.1, 0.15) is 26.3 Å². The molecule has 1 aromatic heterocycles. The normalized spacial score (nSPS) is 10.4. The molecule has 0 atom stereocenters. The van der Waals surface area contributed by atoms with Crippen molar-refractivity contribution in [1.29, 1.82) is 0 Å². The van der Waals surface area contributed by atoms with Crippen LogP contribution in [0.4, 0.5) is 10.8 Å². The van der Waals surface area contributed by atoms with Crippen LogP contribution in [0.2, 0.25) is 0 Å². The predicted molar refractivity (Wildman–Crippen MR) is 128 cm³/mol. The lowest BCUT2D eigenvalue weighted by Gasteiger charge is -2.09. The average Bonchev–Trinajstić information content (AvgIpc) is 3.28. The molecule has 1 heterocycles. The number of hydrogen-bond acceptors (Lipinski definition) is 5.